The lowest BCUT2D eigenvalue weighted by molar-refractivity contribution is 0.177. The van der Waals surface area contributed by atoms with Crippen molar-refractivity contribution in [2.75, 3.05) is 45.8 Å². The van der Waals surface area contributed by atoms with Gasteiger partial charge in [0.05, 0.1) is 0 Å². The van der Waals surface area contributed by atoms with Crippen LogP contribution in [0.4, 0.5) is 0 Å². The molecule has 0 bridgehead atoms. The fourth-order valence-corrected chi connectivity index (χ4v) is 4.14. The summed E-state index contributed by atoms with van der Waals surface area (Å²) in [4.78, 5) is 5.38. The van der Waals surface area contributed by atoms with Gasteiger partial charge in [-0.1, -0.05) is 6.92 Å². The molecule has 3 nitrogen and oxygen atoms in total. The van der Waals surface area contributed by atoms with Gasteiger partial charge in [-0.25, -0.2) is 0 Å². The Morgan fingerprint density at radius 1 is 1.16 bits per heavy atom. The van der Waals surface area contributed by atoms with E-state index in [1.165, 1.54) is 71.5 Å². The van der Waals surface area contributed by atoms with Crippen molar-refractivity contribution in [1.82, 2.24) is 15.1 Å². The van der Waals surface area contributed by atoms with Gasteiger partial charge in [-0.3, -0.25) is 0 Å². The Balaban J connectivity index is 1.54. The van der Waals surface area contributed by atoms with Crippen molar-refractivity contribution in [2.45, 2.75) is 45.1 Å². The zero-order chi connectivity index (χ0) is 13.3. The Labute approximate surface area is 118 Å². The van der Waals surface area contributed by atoms with Crippen LogP contribution in [0.2, 0.25) is 0 Å². The average Bonchev–Trinajstić information content (AvgIpc) is 3.18. The highest BCUT2D eigenvalue weighted by molar-refractivity contribution is 5.01. The smallest absolute Gasteiger partial charge is 0.0308 e. The van der Waals surface area contributed by atoms with Gasteiger partial charge in [-0.2, -0.15) is 0 Å². The van der Waals surface area contributed by atoms with E-state index in [4.69, 9.17) is 0 Å². The first-order chi connectivity index (χ1) is 9.19. The standard InChI is InChI=1S/C16H31N3/c1-3-18-10-7-14(11-18)12-19-9-4-8-17-16(2,13-19)15-5-6-15/h14-15,17H,3-13H2,1-2H3. The van der Waals surface area contributed by atoms with E-state index in [1.54, 1.807) is 0 Å². The second-order valence-electron chi connectivity index (χ2n) is 7.26. The molecule has 2 heterocycles. The Morgan fingerprint density at radius 3 is 2.68 bits per heavy atom. The lowest BCUT2D eigenvalue weighted by Crippen LogP contribution is -2.51. The summed E-state index contributed by atoms with van der Waals surface area (Å²) in [6.07, 6.45) is 5.64. The van der Waals surface area contributed by atoms with Gasteiger partial charge in [-0.05, 0) is 70.6 Å². The highest BCUT2D eigenvalue weighted by atomic mass is 15.2. The molecule has 0 radical (unpaired) electrons. The Hall–Kier alpha value is -0.120. The summed E-state index contributed by atoms with van der Waals surface area (Å²) in [5.74, 6) is 1.87. The van der Waals surface area contributed by atoms with Crippen LogP contribution in [0.1, 0.15) is 39.5 Å². The van der Waals surface area contributed by atoms with Gasteiger partial charge >= 0.3 is 0 Å². The molecule has 2 aliphatic heterocycles. The fourth-order valence-electron chi connectivity index (χ4n) is 4.14. The number of nitrogens with zero attached hydrogens (tertiary/aromatic N) is 2. The van der Waals surface area contributed by atoms with Crippen molar-refractivity contribution >= 4 is 0 Å². The summed E-state index contributed by atoms with van der Waals surface area (Å²) in [6, 6.07) is 0. The molecule has 0 amide bonds. The molecule has 2 unspecified atom stereocenters. The molecule has 2 saturated heterocycles. The monoisotopic (exact) mass is 265 g/mol. The van der Waals surface area contributed by atoms with Crippen LogP contribution in [-0.2, 0) is 0 Å². The molecule has 19 heavy (non-hydrogen) atoms. The zero-order valence-corrected chi connectivity index (χ0v) is 12.8. The van der Waals surface area contributed by atoms with Crippen LogP contribution >= 0.6 is 0 Å². The van der Waals surface area contributed by atoms with Gasteiger partial charge in [0.1, 0.15) is 0 Å². The van der Waals surface area contributed by atoms with Crippen molar-refractivity contribution in [3.8, 4) is 0 Å². The predicted octanol–water partition coefficient (Wildman–Crippen LogP) is 1.79. The van der Waals surface area contributed by atoms with Crippen LogP contribution in [0.25, 0.3) is 0 Å². The third-order valence-corrected chi connectivity index (χ3v) is 5.54. The van der Waals surface area contributed by atoms with Gasteiger partial charge in [0.15, 0.2) is 0 Å². The maximum Gasteiger partial charge on any atom is 0.0308 e. The molecule has 3 fully saturated rings. The van der Waals surface area contributed by atoms with Crippen LogP contribution in [0.3, 0.4) is 0 Å². The number of hydrogen-bond acceptors (Lipinski definition) is 3. The molecule has 1 aliphatic carbocycles. The van der Waals surface area contributed by atoms with Crippen LogP contribution in [0, 0.1) is 11.8 Å². The normalized spacial score (nSPS) is 38.5. The Morgan fingerprint density at radius 2 is 2.00 bits per heavy atom. The van der Waals surface area contributed by atoms with Crippen LogP contribution in [-0.4, -0.2) is 61.2 Å². The summed E-state index contributed by atoms with van der Waals surface area (Å²) in [7, 11) is 0. The van der Waals surface area contributed by atoms with Gasteiger partial charge in [-0.15, -0.1) is 0 Å². The van der Waals surface area contributed by atoms with E-state index in [9.17, 15) is 0 Å². The second-order valence-corrected chi connectivity index (χ2v) is 7.26. The molecule has 3 aliphatic rings. The van der Waals surface area contributed by atoms with Gasteiger partial charge in [0.2, 0.25) is 0 Å². The lowest BCUT2D eigenvalue weighted by Gasteiger charge is -2.35. The van der Waals surface area contributed by atoms with E-state index in [0.29, 0.717) is 5.54 Å². The van der Waals surface area contributed by atoms with Crippen LogP contribution < -0.4 is 5.32 Å². The predicted molar refractivity (Wildman–Crippen MR) is 80.4 cm³/mol. The van der Waals surface area contributed by atoms with Crippen molar-refractivity contribution in [2.24, 2.45) is 11.8 Å². The molecule has 1 N–H and O–H groups in total. The largest absolute Gasteiger partial charge is 0.310 e. The molecule has 3 heteroatoms. The number of rotatable bonds is 4. The van der Waals surface area contributed by atoms with E-state index in [0.717, 1.165) is 11.8 Å². The van der Waals surface area contributed by atoms with Crippen molar-refractivity contribution in [3.05, 3.63) is 0 Å². The minimum Gasteiger partial charge on any atom is -0.310 e. The van der Waals surface area contributed by atoms with E-state index >= 15 is 0 Å². The van der Waals surface area contributed by atoms with Crippen molar-refractivity contribution < 1.29 is 0 Å². The molecule has 2 atom stereocenters. The molecular weight excluding hydrogens is 234 g/mol. The summed E-state index contributed by atoms with van der Waals surface area (Å²) >= 11 is 0. The minimum atomic E-state index is 0.402. The van der Waals surface area contributed by atoms with E-state index in [2.05, 4.69) is 29.0 Å². The van der Waals surface area contributed by atoms with Crippen LogP contribution in [0.15, 0.2) is 0 Å². The third-order valence-electron chi connectivity index (χ3n) is 5.54. The van der Waals surface area contributed by atoms with E-state index in [-0.39, 0.29) is 0 Å². The molecule has 1 saturated carbocycles. The van der Waals surface area contributed by atoms with E-state index in [1.807, 2.05) is 0 Å². The number of likely N-dealkylation sites (tertiary alicyclic amines) is 1. The first-order valence-corrected chi connectivity index (χ1v) is 8.39. The zero-order valence-electron chi connectivity index (χ0n) is 12.8. The third kappa shape index (κ3) is 3.32. The summed E-state index contributed by atoms with van der Waals surface area (Å²) in [5.41, 5.74) is 0.402. The first-order valence-electron chi connectivity index (χ1n) is 8.39. The lowest BCUT2D eigenvalue weighted by atomic mass is 9.95. The quantitative estimate of drug-likeness (QED) is 0.836. The fraction of sp³-hybridized carbons (Fsp3) is 1.00. The summed E-state index contributed by atoms with van der Waals surface area (Å²) < 4.78 is 0. The van der Waals surface area contributed by atoms with Crippen molar-refractivity contribution in [3.63, 3.8) is 0 Å². The molecule has 0 spiro atoms. The Bertz CT molecular complexity index is 302. The molecule has 0 aromatic heterocycles. The highest BCUT2D eigenvalue weighted by Gasteiger charge is 2.43. The van der Waals surface area contributed by atoms with Gasteiger partial charge in [0, 0.05) is 25.2 Å². The second kappa shape index (κ2) is 5.71. The van der Waals surface area contributed by atoms with Gasteiger partial charge in [0.25, 0.3) is 0 Å². The van der Waals surface area contributed by atoms with Gasteiger partial charge < -0.3 is 15.1 Å². The Kier molecular flexibility index (Phi) is 4.16. The average molecular weight is 265 g/mol. The SMILES string of the molecule is CCN1CCC(CN2CCCNC(C)(C3CC3)C2)C1. The number of hydrogen-bond donors (Lipinski definition) is 1. The molecule has 110 valence electrons. The topological polar surface area (TPSA) is 18.5 Å². The maximum absolute atomic E-state index is 3.84. The molecule has 0 aromatic carbocycles. The number of nitrogens with one attached hydrogen (secondary N) is 1. The highest BCUT2D eigenvalue weighted by Crippen LogP contribution is 2.40. The molecule has 0 aromatic rings. The maximum atomic E-state index is 3.84. The molecular formula is C16H31N3. The van der Waals surface area contributed by atoms with E-state index < -0.39 is 0 Å². The first kappa shape index (κ1) is 13.8. The summed E-state index contributed by atoms with van der Waals surface area (Å²) in [5, 5.41) is 3.84. The minimum absolute atomic E-state index is 0.402. The summed E-state index contributed by atoms with van der Waals surface area (Å²) in [6.45, 7) is 13.8. The van der Waals surface area contributed by atoms with Crippen molar-refractivity contribution in [1.29, 1.82) is 0 Å². The van der Waals surface area contributed by atoms with Crippen LogP contribution in [0.5, 0.6) is 0 Å². The molecule has 3 rings (SSSR count).